The summed E-state index contributed by atoms with van der Waals surface area (Å²) in [5.41, 5.74) is 1.80. The molecule has 0 amide bonds. The first-order chi connectivity index (χ1) is 5.31. The highest BCUT2D eigenvalue weighted by atomic mass is 32.2. The van der Waals surface area contributed by atoms with E-state index in [2.05, 4.69) is 4.84 Å². The number of nitrogens with two attached hydrogens (primary N) is 1. The second-order valence-corrected chi connectivity index (χ2v) is 2.90. The van der Waals surface area contributed by atoms with Crippen molar-refractivity contribution in [2.45, 2.75) is 6.42 Å². The lowest BCUT2D eigenvalue weighted by atomic mass is 10.5. The molecule has 0 radical (unpaired) electrons. The van der Waals surface area contributed by atoms with Gasteiger partial charge in [0.2, 0.25) is 0 Å². The Morgan fingerprint density at radius 3 is 2.91 bits per heavy atom. The van der Waals surface area contributed by atoms with Gasteiger partial charge in [-0.2, -0.15) is 11.8 Å². The number of carbonyl (C=O) groups excluding carboxylic acids is 1. The van der Waals surface area contributed by atoms with Gasteiger partial charge in [0.25, 0.3) is 0 Å². The molecule has 0 aliphatic carbocycles. The first kappa shape index (κ1) is 10.7. The molecular formula is C5H12N2O3S. The van der Waals surface area contributed by atoms with E-state index in [1.807, 2.05) is 0 Å². The number of nitrogens with one attached hydrogen (secondary N) is 1. The van der Waals surface area contributed by atoms with Crippen molar-refractivity contribution in [2.75, 3.05) is 18.1 Å². The molecule has 0 bridgehead atoms. The van der Waals surface area contributed by atoms with Crippen LogP contribution >= 0.6 is 11.8 Å². The highest BCUT2D eigenvalue weighted by Gasteiger charge is 2.00. The van der Waals surface area contributed by atoms with Gasteiger partial charge in [-0.05, 0) is 0 Å². The molecule has 0 saturated carbocycles. The van der Waals surface area contributed by atoms with Crippen molar-refractivity contribution in [1.82, 2.24) is 5.59 Å². The van der Waals surface area contributed by atoms with Crippen LogP contribution in [0.15, 0.2) is 0 Å². The summed E-state index contributed by atoms with van der Waals surface area (Å²) >= 11 is 1.49. The zero-order valence-electron chi connectivity index (χ0n) is 6.08. The number of rotatable bonds is 6. The number of carbonyl (C=O) groups is 1. The molecular weight excluding hydrogens is 168 g/mol. The summed E-state index contributed by atoms with van der Waals surface area (Å²) in [5, 5.41) is 8.37. The molecule has 6 heteroatoms. The molecule has 0 aromatic rings. The van der Waals surface area contributed by atoms with Crippen LogP contribution in [0.1, 0.15) is 6.42 Å². The minimum absolute atomic E-state index is 0.134. The molecule has 0 aromatic heterocycles. The van der Waals surface area contributed by atoms with Crippen LogP contribution in [0.2, 0.25) is 0 Å². The van der Waals surface area contributed by atoms with Crippen molar-refractivity contribution in [2.24, 2.45) is 5.84 Å². The van der Waals surface area contributed by atoms with Crippen molar-refractivity contribution < 1.29 is 14.7 Å². The van der Waals surface area contributed by atoms with Crippen LogP contribution in [-0.4, -0.2) is 29.2 Å². The van der Waals surface area contributed by atoms with Gasteiger partial charge < -0.3 is 9.94 Å². The molecule has 0 heterocycles. The third kappa shape index (κ3) is 7.60. The number of thioether (sulfide) groups is 1. The zero-order chi connectivity index (χ0) is 8.53. The van der Waals surface area contributed by atoms with Gasteiger partial charge in [0.1, 0.15) is 0 Å². The van der Waals surface area contributed by atoms with Crippen molar-refractivity contribution >= 4 is 17.7 Å². The Kier molecular flexibility index (Phi) is 7.59. The quantitative estimate of drug-likeness (QED) is 0.277. The molecule has 0 rings (SSSR count). The van der Waals surface area contributed by atoms with E-state index in [-0.39, 0.29) is 6.61 Å². The topological polar surface area (TPSA) is 84.6 Å². The van der Waals surface area contributed by atoms with Crippen molar-refractivity contribution in [3.63, 3.8) is 0 Å². The van der Waals surface area contributed by atoms with Crippen LogP contribution in [0.25, 0.3) is 0 Å². The number of hydrogen-bond donors (Lipinski definition) is 3. The maximum absolute atomic E-state index is 10.6. The summed E-state index contributed by atoms with van der Waals surface area (Å²) in [7, 11) is 0. The molecule has 4 N–H and O–H groups in total. The SMILES string of the molecule is NNOC(=O)CCSCCO. The lowest BCUT2D eigenvalue weighted by molar-refractivity contribution is -0.150. The number of aliphatic hydroxyl groups is 1. The van der Waals surface area contributed by atoms with Crippen LogP contribution < -0.4 is 11.4 Å². The van der Waals surface area contributed by atoms with Crippen LogP contribution in [0.3, 0.4) is 0 Å². The molecule has 0 saturated heterocycles. The maximum Gasteiger partial charge on any atom is 0.327 e. The molecule has 0 aromatic carbocycles. The van der Waals surface area contributed by atoms with Crippen molar-refractivity contribution in [3.8, 4) is 0 Å². The molecule has 0 spiro atoms. The summed E-state index contributed by atoms with van der Waals surface area (Å²) < 4.78 is 0. The maximum atomic E-state index is 10.6. The van der Waals surface area contributed by atoms with E-state index in [0.29, 0.717) is 17.9 Å². The van der Waals surface area contributed by atoms with Crippen LogP contribution in [0.5, 0.6) is 0 Å². The molecule has 5 nitrogen and oxygen atoms in total. The molecule has 0 atom stereocenters. The Morgan fingerprint density at radius 1 is 1.64 bits per heavy atom. The van der Waals surface area contributed by atoms with E-state index in [1.54, 1.807) is 5.59 Å². The molecule has 66 valence electrons. The van der Waals surface area contributed by atoms with Crippen LogP contribution in [0.4, 0.5) is 0 Å². The monoisotopic (exact) mass is 180 g/mol. The van der Waals surface area contributed by atoms with Gasteiger partial charge in [-0.15, -0.1) is 0 Å². The van der Waals surface area contributed by atoms with E-state index >= 15 is 0 Å². The minimum Gasteiger partial charge on any atom is -0.396 e. The normalized spacial score (nSPS) is 9.64. The second kappa shape index (κ2) is 7.80. The number of hydrazine groups is 1. The minimum atomic E-state index is -0.391. The van der Waals surface area contributed by atoms with Gasteiger partial charge in [-0.3, -0.25) is 4.79 Å². The van der Waals surface area contributed by atoms with Gasteiger partial charge in [-0.1, -0.05) is 5.59 Å². The first-order valence-electron chi connectivity index (χ1n) is 3.15. The Morgan fingerprint density at radius 2 is 2.36 bits per heavy atom. The fourth-order valence-corrected chi connectivity index (χ4v) is 1.08. The Hall–Kier alpha value is -0.300. The number of aliphatic hydroxyl groups excluding tert-OH is 1. The van der Waals surface area contributed by atoms with Crippen LogP contribution in [-0.2, 0) is 9.63 Å². The van der Waals surface area contributed by atoms with E-state index in [0.717, 1.165) is 0 Å². The lowest BCUT2D eigenvalue weighted by Gasteiger charge is -1.99. The highest BCUT2D eigenvalue weighted by molar-refractivity contribution is 7.99. The molecule has 0 aliphatic rings. The fourth-order valence-electron chi connectivity index (χ4n) is 0.439. The van der Waals surface area contributed by atoms with Gasteiger partial charge in [-0.25, -0.2) is 5.84 Å². The summed E-state index contributed by atoms with van der Waals surface area (Å²) in [6, 6.07) is 0. The average molecular weight is 180 g/mol. The molecule has 0 fully saturated rings. The second-order valence-electron chi connectivity index (χ2n) is 1.68. The van der Waals surface area contributed by atoms with E-state index in [9.17, 15) is 4.79 Å². The summed E-state index contributed by atoms with van der Waals surface area (Å²) in [6.07, 6.45) is 0.300. The standard InChI is InChI=1S/C5H12N2O3S/c6-7-10-5(9)1-3-11-4-2-8/h7-8H,1-4,6H2. The van der Waals surface area contributed by atoms with Gasteiger partial charge in [0.05, 0.1) is 13.0 Å². The van der Waals surface area contributed by atoms with E-state index in [4.69, 9.17) is 10.9 Å². The predicted octanol–water partition coefficient (Wildman–Crippen LogP) is -0.977. The average Bonchev–Trinajstić information content (AvgIpc) is 1.99. The van der Waals surface area contributed by atoms with Crippen molar-refractivity contribution in [1.29, 1.82) is 0 Å². The van der Waals surface area contributed by atoms with Gasteiger partial charge in [0.15, 0.2) is 0 Å². The third-order valence-corrected chi connectivity index (χ3v) is 1.82. The number of hydrogen-bond acceptors (Lipinski definition) is 6. The van der Waals surface area contributed by atoms with E-state index in [1.165, 1.54) is 11.8 Å². The first-order valence-corrected chi connectivity index (χ1v) is 4.30. The van der Waals surface area contributed by atoms with Crippen molar-refractivity contribution in [3.05, 3.63) is 0 Å². The Bertz CT molecular complexity index is 112. The largest absolute Gasteiger partial charge is 0.396 e. The third-order valence-electron chi connectivity index (χ3n) is 0.859. The summed E-state index contributed by atoms with van der Waals surface area (Å²) in [4.78, 5) is 14.8. The Balaban J connectivity index is 3.04. The van der Waals surface area contributed by atoms with Crippen LogP contribution in [0, 0.1) is 0 Å². The van der Waals surface area contributed by atoms with E-state index < -0.39 is 5.97 Å². The van der Waals surface area contributed by atoms with Gasteiger partial charge >= 0.3 is 5.97 Å². The highest BCUT2D eigenvalue weighted by Crippen LogP contribution is 2.01. The molecule has 0 aliphatic heterocycles. The fraction of sp³-hybridized carbons (Fsp3) is 0.800. The predicted molar refractivity (Wildman–Crippen MR) is 42.4 cm³/mol. The lowest BCUT2D eigenvalue weighted by Crippen LogP contribution is -2.26. The molecule has 0 unspecified atom stereocenters. The smallest absolute Gasteiger partial charge is 0.327 e. The zero-order valence-corrected chi connectivity index (χ0v) is 6.89. The summed E-state index contributed by atoms with van der Waals surface area (Å²) in [5.74, 6) is 5.61. The molecule has 11 heavy (non-hydrogen) atoms. The Labute approximate surface area is 69.2 Å². The van der Waals surface area contributed by atoms with Gasteiger partial charge in [0, 0.05) is 11.5 Å². The summed E-state index contributed by atoms with van der Waals surface area (Å²) in [6.45, 7) is 0.134.